The third kappa shape index (κ3) is 8.73. The lowest BCUT2D eigenvalue weighted by Crippen LogP contribution is -2.40. The monoisotopic (exact) mass is 477 g/mol. The molecular weight excluding hydrogens is 453 g/mol. The van der Waals surface area contributed by atoms with Crippen molar-refractivity contribution in [3.05, 3.63) is 75.8 Å². The fourth-order valence-electron chi connectivity index (χ4n) is 3.21. The van der Waals surface area contributed by atoms with Gasteiger partial charge in [0, 0.05) is 28.4 Å². The summed E-state index contributed by atoms with van der Waals surface area (Å²) in [4.78, 5) is 34.6. The number of aliphatic carboxylic acids is 2. The van der Waals surface area contributed by atoms with E-state index in [1.54, 1.807) is 24.3 Å². The smallest absolute Gasteiger partial charge is 0.307 e. The highest BCUT2D eigenvalue weighted by Crippen LogP contribution is 2.20. The molecule has 0 saturated carbocycles. The molecule has 0 aliphatic heterocycles. The second-order valence-corrected chi connectivity index (χ2v) is 8.47. The SMILES string of the molecule is CC(NC(=O)CC(CC(=O)O)C(=O)O)C(/C=C/c1ccc(Cl)cc1)Cc1ccc(Cl)cc1. The Morgan fingerprint density at radius 2 is 1.50 bits per heavy atom. The number of nitrogens with one attached hydrogen (secondary N) is 1. The number of carboxylic acid groups (broad SMARTS) is 2. The third-order valence-electron chi connectivity index (χ3n) is 5.02. The van der Waals surface area contributed by atoms with Crippen LogP contribution in [0.5, 0.6) is 0 Å². The van der Waals surface area contributed by atoms with E-state index in [9.17, 15) is 19.5 Å². The molecule has 0 aliphatic carbocycles. The zero-order valence-electron chi connectivity index (χ0n) is 17.5. The van der Waals surface area contributed by atoms with Gasteiger partial charge >= 0.3 is 11.9 Å². The molecule has 3 atom stereocenters. The van der Waals surface area contributed by atoms with Crippen molar-refractivity contribution in [3.8, 4) is 0 Å². The van der Waals surface area contributed by atoms with Crippen LogP contribution >= 0.6 is 23.2 Å². The first kappa shape index (κ1) is 25.4. The lowest BCUT2D eigenvalue weighted by atomic mass is 9.91. The van der Waals surface area contributed by atoms with Crippen LogP contribution in [0.1, 0.15) is 30.9 Å². The maximum absolute atomic E-state index is 12.4. The fraction of sp³-hybridized carbons (Fsp3) is 0.292. The molecule has 0 fully saturated rings. The predicted octanol–water partition coefficient (Wildman–Crippen LogP) is 4.94. The molecule has 0 bridgehead atoms. The fourth-order valence-corrected chi connectivity index (χ4v) is 3.47. The molecule has 0 radical (unpaired) electrons. The molecule has 8 heteroatoms. The van der Waals surface area contributed by atoms with Gasteiger partial charge in [-0.15, -0.1) is 0 Å². The van der Waals surface area contributed by atoms with Crippen molar-refractivity contribution in [1.29, 1.82) is 0 Å². The van der Waals surface area contributed by atoms with E-state index in [4.69, 9.17) is 28.3 Å². The number of carbonyl (C=O) groups is 3. The summed E-state index contributed by atoms with van der Waals surface area (Å²) in [6.45, 7) is 1.83. The van der Waals surface area contributed by atoms with Crippen LogP contribution in [-0.4, -0.2) is 34.1 Å². The first-order valence-electron chi connectivity index (χ1n) is 10.1. The van der Waals surface area contributed by atoms with Gasteiger partial charge in [-0.1, -0.05) is 59.6 Å². The molecule has 3 N–H and O–H groups in total. The Balaban J connectivity index is 2.14. The molecule has 1 amide bonds. The van der Waals surface area contributed by atoms with Crippen LogP contribution in [0.15, 0.2) is 54.6 Å². The second-order valence-electron chi connectivity index (χ2n) is 7.60. The summed E-state index contributed by atoms with van der Waals surface area (Å²) in [7, 11) is 0. The van der Waals surface area contributed by atoms with Crippen molar-refractivity contribution < 1.29 is 24.6 Å². The summed E-state index contributed by atoms with van der Waals surface area (Å²) < 4.78 is 0. The van der Waals surface area contributed by atoms with Gasteiger partial charge in [0.15, 0.2) is 0 Å². The molecule has 2 rings (SSSR count). The van der Waals surface area contributed by atoms with Crippen LogP contribution in [0.2, 0.25) is 10.0 Å². The first-order valence-corrected chi connectivity index (χ1v) is 10.8. The number of amides is 1. The standard InChI is InChI=1S/C24H25Cl2NO5/c1-15(27-22(28)13-19(24(31)32)14-23(29)30)18(12-17-5-10-21(26)11-6-17)7-2-16-3-8-20(25)9-4-16/h2-11,15,18-19H,12-14H2,1H3,(H,27,28)(H,29,30)(H,31,32)/b7-2+. The van der Waals surface area contributed by atoms with E-state index < -0.39 is 36.6 Å². The Hall–Kier alpha value is -2.83. The summed E-state index contributed by atoms with van der Waals surface area (Å²) in [5.41, 5.74) is 1.97. The zero-order valence-corrected chi connectivity index (χ0v) is 19.0. The summed E-state index contributed by atoms with van der Waals surface area (Å²) in [6.07, 6.45) is 3.52. The Morgan fingerprint density at radius 3 is 2.03 bits per heavy atom. The first-order chi connectivity index (χ1) is 15.1. The molecule has 2 aromatic carbocycles. The van der Waals surface area contributed by atoms with Gasteiger partial charge in [0.25, 0.3) is 0 Å². The highest BCUT2D eigenvalue weighted by atomic mass is 35.5. The van der Waals surface area contributed by atoms with Gasteiger partial charge in [-0.2, -0.15) is 0 Å². The third-order valence-corrected chi connectivity index (χ3v) is 5.53. The highest BCUT2D eigenvalue weighted by Gasteiger charge is 2.26. The molecule has 6 nitrogen and oxygen atoms in total. The van der Waals surface area contributed by atoms with Crippen molar-refractivity contribution in [3.63, 3.8) is 0 Å². The predicted molar refractivity (Wildman–Crippen MR) is 125 cm³/mol. The van der Waals surface area contributed by atoms with Crippen LogP contribution in [-0.2, 0) is 20.8 Å². The summed E-state index contributed by atoms with van der Waals surface area (Å²) >= 11 is 11.9. The summed E-state index contributed by atoms with van der Waals surface area (Å²) in [6, 6.07) is 14.4. The molecular formula is C24H25Cl2NO5. The summed E-state index contributed by atoms with van der Waals surface area (Å²) in [5.74, 6) is -4.47. The van der Waals surface area contributed by atoms with E-state index in [0.29, 0.717) is 16.5 Å². The number of hydrogen-bond donors (Lipinski definition) is 3. The van der Waals surface area contributed by atoms with Crippen molar-refractivity contribution in [1.82, 2.24) is 5.32 Å². The molecule has 0 spiro atoms. The van der Waals surface area contributed by atoms with Crippen LogP contribution in [0.4, 0.5) is 0 Å². The Morgan fingerprint density at radius 1 is 0.938 bits per heavy atom. The minimum Gasteiger partial charge on any atom is -0.481 e. The van der Waals surface area contributed by atoms with Crippen molar-refractivity contribution in [2.45, 2.75) is 32.2 Å². The van der Waals surface area contributed by atoms with E-state index in [1.807, 2.05) is 43.3 Å². The molecule has 2 aromatic rings. The van der Waals surface area contributed by atoms with E-state index in [0.717, 1.165) is 11.1 Å². The zero-order chi connectivity index (χ0) is 23.7. The van der Waals surface area contributed by atoms with Gasteiger partial charge in [0.2, 0.25) is 5.91 Å². The quantitative estimate of drug-likeness (QED) is 0.425. The molecule has 32 heavy (non-hydrogen) atoms. The topological polar surface area (TPSA) is 104 Å². The number of halogens is 2. The Bertz CT molecular complexity index is 957. The Kier molecular flexibility index (Phi) is 9.75. The maximum Gasteiger partial charge on any atom is 0.307 e. The average molecular weight is 478 g/mol. The van der Waals surface area contributed by atoms with Gasteiger partial charge in [-0.05, 0) is 48.7 Å². The van der Waals surface area contributed by atoms with Crippen molar-refractivity contribution >= 4 is 47.1 Å². The minimum absolute atomic E-state index is 0.112. The van der Waals surface area contributed by atoms with E-state index >= 15 is 0 Å². The van der Waals surface area contributed by atoms with E-state index in [-0.39, 0.29) is 12.0 Å². The minimum atomic E-state index is -1.31. The highest BCUT2D eigenvalue weighted by molar-refractivity contribution is 6.30. The van der Waals surface area contributed by atoms with Crippen molar-refractivity contribution in [2.75, 3.05) is 0 Å². The second kappa shape index (κ2) is 12.3. The molecule has 170 valence electrons. The molecule has 3 unspecified atom stereocenters. The number of rotatable bonds is 11. The largest absolute Gasteiger partial charge is 0.481 e. The van der Waals surface area contributed by atoms with Gasteiger partial charge in [0.1, 0.15) is 0 Å². The van der Waals surface area contributed by atoms with Gasteiger partial charge in [-0.3, -0.25) is 14.4 Å². The number of benzene rings is 2. The number of hydrogen-bond acceptors (Lipinski definition) is 3. The van der Waals surface area contributed by atoms with E-state index in [2.05, 4.69) is 5.32 Å². The lowest BCUT2D eigenvalue weighted by Gasteiger charge is -2.23. The molecule has 0 aliphatic rings. The molecule has 0 aromatic heterocycles. The van der Waals surface area contributed by atoms with Gasteiger partial charge in [-0.25, -0.2) is 0 Å². The van der Waals surface area contributed by atoms with E-state index in [1.165, 1.54) is 0 Å². The number of carbonyl (C=O) groups excluding carboxylic acids is 1. The molecule has 0 saturated heterocycles. The summed E-state index contributed by atoms with van der Waals surface area (Å²) in [5, 5.41) is 22.1. The Labute approximate surface area is 196 Å². The number of carboxylic acids is 2. The van der Waals surface area contributed by atoms with Crippen LogP contribution in [0, 0.1) is 11.8 Å². The van der Waals surface area contributed by atoms with Gasteiger partial charge < -0.3 is 15.5 Å². The average Bonchev–Trinajstić information content (AvgIpc) is 2.72. The van der Waals surface area contributed by atoms with Crippen molar-refractivity contribution in [2.24, 2.45) is 11.8 Å². The normalized spacial score (nSPS) is 14.0. The lowest BCUT2D eigenvalue weighted by molar-refractivity contribution is -0.149. The van der Waals surface area contributed by atoms with Crippen LogP contribution in [0.25, 0.3) is 6.08 Å². The van der Waals surface area contributed by atoms with Gasteiger partial charge in [0.05, 0.1) is 12.3 Å². The maximum atomic E-state index is 12.4. The van der Waals surface area contributed by atoms with Crippen LogP contribution < -0.4 is 5.32 Å². The molecule has 0 heterocycles. The van der Waals surface area contributed by atoms with Crippen LogP contribution in [0.3, 0.4) is 0 Å².